The van der Waals surface area contributed by atoms with Crippen LogP contribution in [-0.4, -0.2) is 28.0 Å². The van der Waals surface area contributed by atoms with Crippen molar-refractivity contribution in [3.05, 3.63) is 52.5 Å². The fourth-order valence-corrected chi connectivity index (χ4v) is 6.63. The molecule has 3 aromatic rings. The van der Waals surface area contributed by atoms with Gasteiger partial charge in [0.1, 0.15) is 11.2 Å². The summed E-state index contributed by atoms with van der Waals surface area (Å²) in [6.07, 6.45) is 3.33. The third kappa shape index (κ3) is 3.59. The SMILES string of the molecule is Cc1cc(C)cc(N2C(=O)c3cc4sccc4n3CC2(C)C(=O)NC2CCCC(C)C2C)c1. The third-order valence-electron chi connectivity index (χ3n) is 7.88. The highest BCUT2D eigenvalue weighted by atomic mass is 32.1. The number of anilines is 1. The van der Waals surface area contributed by atoms with Crippen LogP contribution in [0.25, 0.3) is 10.2 Å². The first-order chi connectivity index (χ1) is 15.7. The molecule has 2 aromatic heterocycles. The lowest BCUT2D eigenvalue weighted by molar-refractivity contribution is -0.128. The van der Waals surface area contributed by atoms with Gasteiger partial charge in [-0.2, -0.15) is 0 Å². The Hall–Kier alpha value is -2.60. The Morgan fingerprint density at radius 1 is 1.12 bits per heavy atom. The van der Waals surface area contributed by atoms with Gasteiger partial charge in [-0.15, -0.1) is 11.3 Å². The van der Waals surface area contributed by atoms with Crippen LogP contribution in [-0.2, 0) is 11.3 Å². The topological polar surface area (TPSA) is 54.3 Å². The molecule has 1 saturated carbocycles. The molecule has 3 heterocycles. The van der Waals surface area contributed by atoms with E-state index in [4.69, 9.17) is 0 Å². The van der Waals surface area contributed by atoms with E-state index in [0.29, 0.717) is 24.1 Å². The molecule has 33 heavy (non-hydrogen) atoms. The van der Waals surface area contributed by atoms with Crippen LogP contribution in [0.2, 0.25) is 0 Å². The molecule has 0 saturated heterocycles. The second-order valence-corrected chi connectivity index (χ2v) is 11.3. The summed E-state index contributed by atoms with van der Waals surface area (Å²) in [4.78, 5) is 29.7. The first-order valence-electron chi connectivity index (χ1n) is 12.0. The molecule has 0 radical (unpaired) electrons. The first-order valence-corrected chi connectivity index (χ1v) is 12.9. The van der Waals surface area contributed by atoms with Crippen LogP contribution < -0.4 is 10.2 Å². The predicted octanol–water partition coefficient (Wildman–Crippen LogP) is 5.68. The second-order valence-electron chi connectivity index (χ2n) is 10.4. The lowest BCUT2D eigenvalue weighted by Gasteiger charge is -2.45. The van der Waals surface area contributed by atoms with Crippen molar-refractivity contribution in [3.8, 4) is 0 Å². The Morgan fingerprint density at radius 2 is 1.85 bits per heavy atom. The number of hydrogen-bond donors (Lipinski definition) is 1. The number of nitrogens with zero attached hydrogens (tertiary/aromatic N) is 2. The fourth-order valence-electron chi connectivity index (χ4n) is 5.81. The molecule has 5 rings (SSSR count). The van der Waals surface area contributed by atoms with E-state index in [-0.39, 0.29) is 17.9 Å². The maximum atomic E-state index is 14.0. The summed E-state index contributed by atoms with van der Waals surface area (Å²) in [7, 11) is 0. The maximum absolute atomic E-state index is 14.0. The zero-order valence-electron chi connectivity index (χ0n) is 20.1. The molecule has 0 spiro atoms. The second kappa shape index (κ2) is 8.01. The van der Waals surface area contributed by atoms with Crippen LogP contribution in [0.5, 0.6) is 0 Å². The van der Waals surface area contributed by atoms with E-state index in [1.807, 2.05) is 55.0 Å². The Labute approximate surface area is 199 Å². The number of aryl methyl sites for hydroxylation is 2. The highest BCUT2D eigenvalue weighted by Crippen LogP contribution is 2.38. The molecule has 2 aliphatic rings. The number of rotatable bonds is 3. The molecule has 4 atom stereocenters. The van der Waals surface area contributed by atoms with Gasteiger partial charge >= 0.3 is 0 Å². The number of carbonyl (C=O) groups excluding carboxylic acids is 2. The Balaban J connectivity index is 1.60. The summed E-state index contributed by atoms with van der Waals surface area (Å²) >= 11 is 1.63. The van der Waals surface area contributed by atoms with Gasteiger partial charge in [0.05, 0.1) is 16.8 Å². The summed E-state index contributed by atoms with van der Waals surface area (Å²) in [6, 6.07) is 10.3. The monoisotopic (exact) mass is 463 g/mol. The molecule has 174 valence electrons. The van der Waals surface area contributed by atoms with Crippen molar-refractivity contribution in [2.75, 3.05) is 4.90 Å². The van der Waals surface area contributed by atoms with Gasteiger partial charge < -0.3 is 9.88 Å². The van der Waals surface area contributed by atoms with Crippen LogP contribution in [0.3, 0.4) is 0 Å². The zero-order valence-corrected chi connectivity index (χ0v) is 21.0. The van der Waals surface area contributed by atoms with Crippen LogP contribution in [0, 0.1) is 25.7 Å². The van der Waals surface area contributed by atoms with Gasteiger partial charge in [0.15, 0.2) is 0 Å². The van der Waals surface area contributed by atoms with E-state index in [1.165, 1.54) is 6.42 Å². The molecule has 2 amide bonds. The van der Waals surface area contributed by atoms with Crippen molar-refractivity contribution in [1.29, 1.82) is 0 Å². The standard InChI is InChI=1S/C27H33N3O2S/c1-16-11-17(2)13-20(12-16)30-25(31)23-14-24-22(9-10-33-24)29(23)15-27(30,5)26(32)28-21-8-6-7-18(3)19(21)4/h9-14,18-19,21H,6-8,15H2,1-5H3,(H,28,32). The Kier molecular flexibility index (Phi) is 5.39. The minimum atomic E-state index is -1.03. The van der Waals surface area contributed by atoms with Gasteiger partial charge in [0.25, 0.3) is 5.91 Å². The average Bonchev–Trinajstić information content (AvgIpc) is 3.33. The molecule has 1 N–H and O–H groups in total. The van der Waals surface area contributed by atoms with Gasteiger partial charge in [-0.1, -0.05) is 32.8 Å². The molecule has 1 aliphatic heterocycles. The summed E-state index contributed by atoms with van der Waals surface area (Å²) in [5, 5.41) is 5.42. The van der Waals surface area contributed by atoms with Crippen molar-refractivity contribution in [2.45, 2.75) is 72.0 Å². The molecule has 5 nitrogen and oxygen atoms in total. The third-order valence-corrected chi connectivity index (χ3v) is 8.73. The predicted molar refractivity (Wildman–Crippen MR) is 135 cm³/mol. The highest BCUT2D eigenvalue weighted by molar-refractivity contribution is 7.17. The van der Waals surface area contributed by atoms with Crippen molar-refractivity contribution in [2.24, 2.45) is 11.8 Å². The van der Waals surface area contributed by atoms with Crippen molar-refractivity contribution < 1.29 is 9.59 Å². The molecule has 0 bridgehead atoms. The number of hydrogen-bond acceptors (Lipinski definition) is 3. The number of amides is 2. The molecule has 1 aliphatic carbocycles. The number of nitrogens with one attached hydrogen (secondary N) is 1. The number of aromatic nitrogens is 1. The Bertz CT molecular complexity index is 1220. The minimum Gasteiger partial charge on any atom is -0.351 e. The number of benzene rings is 1. The van der Waals surface area contributed by atoms with E-state index >= 15 is 0 Å². The zero-order chi connectivity index (χ0) is 23.5. The molecular formula is C27H33N3O2S. The van der Waals surface area contributed by atoms with Gasteiger partial charge in [-0.05, 0) is 79.8 Å². The normalized spacial score (nSPS) is 27.6. The summed E-state index contributed by atoms with van der Waals surface area (Å²) in [5.41, 5.74) is 3.60. The van der Waals surface area contributed by atoms with E-state index in [9.17, 15) is 9.59 Å². The first kappa shape index (κ1) is 22.2. The average molecular weight is 464 g/mol. The van der Waals surface area contributed by atoms with Gasteiger partial charge in [-0.25, -0.2) is 0 Å². The van der Waals surface area contributed by atoms with Gasteiger partial charge in [0, 0.05) is 11.7 Å². The number of carbonyl (C=O) groups is 2. The largest absolute Gasteiger partial charge is 0.351 e. The molecule has 1 fully saturated rings. The lowest BCUT2D eigenvalue weighted by atomic mass is 9.77. The van der Waals surface area contributed by atoms with E-state index < -0.39 is 5.54 Å². The molecule has 4 unspecified atom stereocenters. The fraction of sp³-hybridized carbons (Fsp3) is 0.481. The summed E-state index contributed by atoms with van der Waals surface area (Å²) in [6.45, 7) is 10.9. The van der Waals surface area contributed by atoms with Gasteiger partial charge in [0.2, 0.25) is 5.91 Å². The molecule has 1 aromatic carbocycles. The lowest BCUT2D eigenvalue weighted by Crippen LogP contribution is -2.66. The summed E-state index contributed by atoms with van der Waals surface area (Å²) < 4.78 is 3.12. The van der Waals surface area contributed by atoms with Gasteiger partial charge in [-0.3, -0.25) is 14.5 Å². The van der Waals surface area contributed by atoms with Crippen molar-refractivity contribution in [3.63, 3.8) is 0 Å². The number of thiophene rings is 1. The van der Waals surface area contributed by atoms with Crippen LogP contribution in [0.1, 0.15) is 61.6 Å². The molecular weight excluding hydrogens is 430 g/mol. The molecule has 6 heteroatoms. The maximum Gasteiger partial charge on any atom is 0.275 e. The Morgan fingerprint density at radius 3 is 2.58 bits per heavy atom. The van der Waals surface area contributed by atoms with E-state index in [2.05, 4.69) is 25.2 Å². The van der Waals surface area contributed by atoms with Crippen LogP contribution >= 0.6 is 11.3 Å². The van der Waals surface area contributed by atoms with E-state index in [0.717, 1.165) is 39.9 Å². The highest BCUT2D eigenvalue weighted by Gasteiger charge is 2.49. The van der Waals surface area contributed by atoms with Crippen LogP contribution in [0.4, 0.5) is 5.69 Å². The minimum absolute atomic E-state index is 0.0660. The quantitative estimate of drug-likeness (QED) is 0.543. The number of fused-ring (bicyclic) bond motifs is 3. The van der Waals surface area contributed by atoms with Crippen molar-refractivity contribution >= 4 is 39.1 Å². The van der Waals surface area contributed by atoms with E-state index in [1.54, 1.807) is 16.2 Å². The smallest absolute Gasteiger partial charge is 0.275 e. The van der Waals surface area contributed by atoms with Crippen LogP contribution in [0.15, 0.2) is 35.7 Å². The van der Waals surface area contributed by atoms with Crippen molar-refractivity contribution in [1.82, 2.24) is 9.88 Å². The summed E-state index contributed by atoms with van der Waals surface area (Å²) in [5.74, 6) is 0.828.